The molecule has 2 aromatic rings. The fourth-order valence-corrected chi connectivity index (χ4v) is 2.31. The first-order valence-corrected chi connectivity index (χ1v) is 7.13. The third-order valence-electron chi connectivity index (χ3n) is 2.98. The van der Waals surface area contributed by atoms with Crippen LogP contribution in [0.4, 0.5) is 8.78 Å². The molecule has 1 atom stereocenters. The van der Waals surface area contributed by atoms with Gasteiger partial charge in [-0.25, -0.2) is 13.8 Å². The molecular formula is C15H15BrF2N2. The van der Waals surface area contributed by atoms with Crippen molar-refractivity contribution in [3.63, 3.8) is 0 Å². The molecule has 0 radical (unpaired) electrons. The van der Waals surface area contributed by atoms with Gasteiger partial charge < -0.3 is 5.32 Å². The van der Waals surface area contributed by atoms with Crippen molar-refractivity contribution in [3.8, 4) is 0 Å². The van der Waals surface area contributed by atoms with Gasteiger partial charge in [-0.15, -0.1) is 0 Å². The van der Waals surface area contributed by atoms with E-state index >= 15 is 0 Å². The summed E-state index contributed by atoms with van der Waals surface area (Å²) in [5.41, 5.74) is 0.995. The SMILES string of the molecule is CC(Cc1c(F)cccc1F)NCc1cccc(Br)n1. The first kappa shape index (κ1) is 15.1. The standard InChI is InChI=1S/C15H15BrF2N2/c1-10(8-12-13(17)5-3-6-14(12)18)19-9-11-4-2-7-15(16)20-11/h2-7,10,19H,8-9H2,1H3. The van der Waals surface area contributed by atoms with E-state index in [1.807, 2.05) is 25.1 Å². The van der Waals surface area contributed by atoms with Gasteiger partial charge in [0.1, 0.15) is 16.2 Å². The minimum absolute atomic E-state index is 0.0535. The van der Waals surface area contributed by atoms with Crippen molar-refractivity contribution in [2.24, 2.45) is 0 Å². The highest BCUT2D eigenvalue weighted by Crippen LogP contribution is 2.14. The van der Waals surface area contributed by atoms with Crippen molar-refractivity contribution in [2.75, 3.05) is 0 Å². The van der Waals surface area contributed by atoms with Gasteiger partial charge in [-0.1, -0.05) is 12.1 Å². The van der Waals surface area contributed by atoms with E-state index in [1.54, 1.807) is 0 Å². The summed E-state index contributed by atoms with van der Waals surface area (Å²) in [6, 6.07) is 9.52. The van der Waals surface area contributed by atoms with Crippen LogP contribution in [0.25, 0.3) is 0 Å². The van der Waals surface area contributed by atoms with Crippen molar-refractivity contribution < 1.29 is 8.78 Å². The van der Waals surface area contributed by atoms with Gasteiger partial charge in [0, 0.05) is 18.2 Å². The highest BCUT2D eigenvalue weighted by atomic mass is 79.9. The first-order valence-electron chi connectivity index (χ1n) is 6.34. The lowest BCUT2D eigenvalue weighted by Crippen LogP contribution is -2.28. The summed E-state index contributed by atoms with van der Waals surface area (Å²) in [6.45, 7) is 2.44. The van der Waals surface area contributed by atoms with Crippen LogP contribution in [-0.2, 0) is 13.0 Å². The summed E-state index contributed by atoms with van der Waals surface area (Å²) in [5.74, 6) is -1.00. The predicted molar refractivity (Wildman–Crippen MR) is 78.3 cm³/mol. The van der Waals surface area contributed by atoms with Crippen LogP contribution >= 0.6 is 15.9 Å². The minimum Gasteiger partial charge on any atom is -0.308 e. The molecule has 0 bridgehead atoms. The number of aromatic nitrogens is 1. The van der Waals surface area contributed by atoms with Crippen molar-refractivity contribution in [1.29, 1.82) is 0 Å². The zero-order valence-electron chi connectivity index (χ0n) is 11.0. The minimum atomic E-state index is -0.501. The Bertz CT molecular complexity index is 570. The molecule has 1 N–H and O–H groups in total. The predicted octanol–water partition coefficient (Wildman–Crippen LogP) is 3.84. The van der Waals surface area contributed by atoms with E-state index in [4.69, 9.17) is 0 Å². The highest BCUT2D eigenvalue weighted by molar-refractivity contribution is 9.10. The summed E-state index contributed by atoms with van der Waals surface area (Å²) in [4.78, 5) is 4.29. The van der Waals surface area contributed by atoms with Crippen LogP contribution in [0.2, 0.25) is 0 Å². The van der Waals surface area contributed by atoms with Crippen LogP contribution in [0.5, 0.6) is 0 Å². The fourth-order valence-electron chi connectivity index (χ4n) is 1.93. The number of hydrogen-bond donors (Lipinski definition) is 1. The Kier molecular flexibility index (Phi) is 5.20. The van der Waals surface area contributed by atoms with Gasteiger partial charge in [0.2, 0.25) is 0 Å². The van der Waals surface area contributed by atoms with Crippen LogP contribution in [0.3, 0.4) is 0 Å². The molecule has 2 nitrogen and oxygen atoms in total. The van der Waals surface area contributed by atoms with Crippen molar-refractivity contribution in [3.05, 3.63) is 63.9 Å². The van der Waals surface area contributed by atoms with Crippen molar-refractivity contribution >= 4 is 15.9 Å². The summed E-state index contributed by atoms with van der Waals surface area (Å²) in [7, 11) is 0. The normalized spacial score (nSPS) is 12.4. The monoisotopic (exact) mass is 340 g/mol. The maximum atomic E-state index is 13.5. The van der Waals surface area contributed by atoms with Gasteiger partial charge >= 0.3 is 0 Å². The second-order valence-corrected chi connectivity index (χ2v) is 5.45. The van der Waals surface area contributed by atoms with Crippen LogP contribution in [0.15, 0.2) is 41.0 Å². The van der Waals surface area contributed by atoms with E-state index in [9.17, 15) is 8.78 Å². The number of nitrogens with one attached hydrogen (secondary N) is 1. The summed E-state index contributed by atoms with van der Waals surface area (Å²) >= 11 is 3.30. The average molecular weight is 341 g/mol. The zero-order valence-corrected chi connectivity index (χ0v) is 12.6. The number of benzene rings is 1. The van der Waals surface area contributed by atoms with Crippen molar-refractivity contribution in [2.45, 2.75) is 25.9 Å². The molecule has 1 unspecified atom stereocenters. The van der Waals surface area contributed by atoms with Crippen LogP contribution in [0, 0.1) is 11.6 Å². The Morgan fingerprint density at radius 2 is 1.80 bits per heavy atom. The molecule has 20 heavy (non-hydrogen) atoms. The van der Waals surface area contributed by atoms with E-state index in [2.05, 4.69) is 26.2 Å². The zero-order chi connectivity index (χ0) is 14.5. The Balaban J connectivity index is 1.94. The molecule has 0 spiro atoms. The molecule has 0 aliphatic heterocycles. The van der Waals surface area contributed by atoms with Crippen LogP contribution in [0.1, 0.15) is 18.2 Å². The molecular weight excluding hydrogens is 326 g/mol. The molecule has 0 aliphatic rings. The topological polar surface area (TPSA) is 24.9 Å². The molecule has 0 aliphatic carbocycles. The third kappa shape index (κ3) is 4.08. The Hall–Kier alpha value is -1.33. The Labute approximate surface area is 125 Å². The molecule has 1 heterocycles. The molecule has 0 saturated heterocycles. The van der Waals surface area contributed by atoms with Gasteiger partial charge in [0.25, 0.3) is 0 Å². The second-order valence-electron chi connectivity index (χ2n) is 4.64. The third-order valence-corrected chi connectivity index (χ3v) is 3.42. The van der Waals surface area contributed by atoms with E-state index < -0.39 is 11.6 Å². The average Bonchev–Trinajstić information content (AvgIpc) is 2.41. The summed E-state index contributed by atoms with van der Waals surface area (Å²) in [5, 5.41) is 3.21. The molecule has 0 saturated carbocycles. The smallest absolute Gasteiger partial charge is 0.129 e. The summed E-state index contributed by atoms with van der Waals surface area (Å²) < 4.78 is 27.8. The molecule has 0 amide bonds. The Morgan fingerprint density at radius 3 is 2.45 bits per heavy atom. The number of halogens is 3. The van der Waals surface area contributed by atoms with Gasteiger partial charge in [-0.2, -0.15) is 0 Å². The van der Waals surface area contributed by atoms with E-state index in [0.717, 1.165) is 10.3 Å². The lowest BCUT2D eigenvalue weighted by molar-refractivity contribution is 0.497. The second kappa shape index (κ2) is 6.90. The highest BCUT2D eigenvalue weighted by Gasteiger charge is 2.12. The molecule has 1 aromatic carbocycles. The van der Waals surface area contributed by atoms with Gasteiger partial charge in [0.15, 0.2) is 0 Å². The molecule has 5 heteroatoms. The van der Waals surface area contributed by atoms with Gasteiger partial charge in [0.05, 0.1) is 5.69 Å². The van der Waals surface area contributed by atoms with E-state index in [-0.39, 0.29) is 11.6 Å². The lowest BCUT2D eigenvalue weighted by atomic mass is 10.1. The maximum Gasteiger partial charge on any atom is 0.129 e. The molecule has 106 valence electrons. The first-order chi connectivity index (χ1) is 9.56. The molecule has 2 rings (SSSR count). The van der Waals surface area contributed by atoms with E-state index in [1.165, 1.54) is 18.2 Å². The largest absolute Gasteiger partial charge is 0.308 e. The lowest BCUT2D eigenvalue weighted by Gasteiger charge is -2.14. The van der Waals surface area contributed by atoms with E-state index in [0.29, 0.717) is 13.0 Å². The maximum absolute atomic E-state index is 13.5. The quantitative estimate of drug-likeness (QED) is 0.836. The molecule has 0 fully saturated rings. The number of hydrogen-bond acceptors (Lipinski definition) is 2. The van der Waals surface area contributed by atoms with Crippen molar-refractivity contribution in [1.82, 2.24) is 10.3 Å². The fraction of sp³-hybridized carbons (Fsp3) is 0.267. The summed E-state index contributed by atoms with van der Waals surface area (Å²) in [6.07, 6.45) is 0.298. The Morgan fingerprint density at radius 1 is 1.15 bits per heavy atom. The number of rotatable bonds is 5. The van der Waals surface area contributed by atoms with Gasteiger partial charge in [-0.3, -0.25) is 0 Å². The van der Waals surface area contributed by atoms with Crippen LogP contribution < -0.4 is 5.32 Å². The molecule has 1 aromatic heterocycles. The number of pyridine rings is 1. The number of nitrogens with zero attached hydrogens (tertiary/aromatic N) is 1. The van der Waals surface area contributed by atoms with Crippen LogP contribution in [-0.4, -0.2) is 11.0 Å². The van der Waals surface area contributed by atoms with Gasteiger partial charge in [-0.05, 0) is 53.5 Å².